The van der Waals surface area contributed by atoms with Gasteiger partial charge in [0.1, 0.15) is 17.7 Å². The van der Waals surface area contributed by atoms with Gasteiger partial charge >= 0.3 is 6.09 Å². The molecule has 0 radical (unpaired) electrons. The molecule has 0 saturated carbocycles. The maximum atomic E-state index is 13.6. The molecule has 7 rings (SSSR count). The number of ether oxygens (including phenoxy) is 1. The molecule has 10 nitrogen and oxygen atoms in total. The van der Waals surface area contributed by atoms with E-state index in [0.29, 0.717) is 42.3 Å². The summed E-state index contributed by atoms with van der Waals surface area (Å²) in [5.41, 5.74) is 11.0. The standard InChI is InChI=1S/C28H29N5O3.C7H7NO.C2H6/c1-29-19-7-8-23-18(15-19)16-24(30-23)27(34)33-10-9-21-20-5-3-4-6-22(20)26(17-25(21)33)36-28(35)32-13-11-31(2)12-14-32;8-7-3-1-6(5-9)2-4-7;1-2/h3-8,15-17,29-30H,9-14H2,1-2H3;1-5H,8H2;1-2H3. The van der Waals surface area contributed by atoms with E-state index in [9.17, 15) is 14.4 Å². The molecule has 2 aliphatic rings. The van der Waals surface area contributed by atoms with Crippen molar-refractivity contribution < 1.29 is 19.1 Å². The number of nitrogen functional groups attached to an aromatic ring is 1. The number of nitrogens with zero attached hydrogens (tertiary/aromatic N) is 3. The van der Waals surface area contributed by atoms with Gasteiger partial charge < -0.3 is 35.5 Å². The first-order valence-corrected chi connectivity index (χ1v) is 16.0. The van der Waals surface area contributed by atoms with E-state index < -0.39 is 0 Å². The quantitative estimate of drug-likeness (QED) is 0.154. The Morgan fingerprint density at radius 2 is 1.60 bits per heavy atom. The third kappa shape index (κ3) is 7.23. The van der Waals surface area contributed by atoms with Crippen LogP contribution in [0.3, 0.4) is 0 Å². The fraction of sp³-hybridized carbons (Fsp3) is 0.270. The van der Waals surface area contributed by atoms with Gasteiger partial charge in [0.25, 0.3) is 5.91 Å². The Morgan fingerprint density at radius 1 is 0.894 bits per heavy atom. The van der Waals surface area contributed by atoms with E-state index in [1.165, 1.54) is 0 Å². The number of piperazine rings is 1. The number of nitrogens with two attached hydrogens (primary N) is 1. The second kappa shape index (κ2) is 14.8. The summed E-state index contributed by atoms with van der Waals surface area (Å²) in [6.07, 6.45) is 1.19. The normalized spacial score (nSPS) is 14.0. The molecule has 4 aromatic carbocycles. The summed E-state index contributed by atoms with van der Waals surface area (Å²) in [6.45, 7) is 7.49. The number of aromatic amines is 1. The van der Waals surface area contributed by atoms with Crippen molar-refractivity contribution in [2.45, 2.75) is 20.3 Å². The van der Waals surface area contributed by atoms with Gasteiger partial charge in [0.2, 0.25) is 0 Å². The highest BCUT2D eigenvalue weighted by molar-refractivity contribution is 6.11. The summed E-state index contributed by atoms with van der Waals surface area (Å²) in [7, 11) is 3.93. The third-order valence-electron chi connectivity index (χ3n) is 8.39. The minimum atomic E-state index is -0.347. The first-order chi connectivity index (χ1) is 22.8. The van der Waals surface area contributed by atoms with Crippen molar-refractivity contribution in [3.05, 3.63) is 95.7 Å². The Morgan fingerprint density at radius 3 is 2.28 bits per heavy atom. The van der Waals surface area contributed by atoms with Crippen LogP contribution in [-0.4, -0.2) is 79.9 Å². The molecule has 1 saturated heterocycles. The number of aromatic nitrogens is 1. The average Bonchev–Trinajstić information content (AvgIpc) is 3.74. The lowest BCUT2D eigenvalue weighted by Gasteiger charge is -2.31. The van der Waals surface area contributed by atoms with Crippen LogP contribution in [0.4, 0.5) is 21.9 Å². The van der Waals surface area contributed by atoms with Gasteiger partial charge in [-0.2, -0.15) is 0 Å². The number of likely N-dealkylation sites (N-methyl/N-ethyl adjacent to an activating group) is 1. The van der Waals surface area contributed by atoms with Crippen molar-refractivity contribution >= 4 is 57.0 Å². The molecule has 1 aromatic heterocycles. The van der Waals surface area contributed by atoms with E-state index >= 15 is 0 Å². The van der Waals surface area contributed by atoms with Gasteiger partial charge in [0, 0.05) is 79.1 Å². The maximum absolute atomic E-state index is 13.6. The fourth-order valence-corrected chi connectivity index (χ4v) is 5.80. The number of benzene rings is 4. The number of aldehydes is 1. The summed E-state index contributed by atoms with van der Waals surface area (Å²) in [5, 5.41) is 6.01. The Hall–Kier alpha value is -5.35. The van der Waals surface area contributed by atoms with Crippen molar-refractivity contribution in [3.8, 4) is 5.75 Å². The zero-order valence-electron chi connectivity index (χ0n) is 27.4. The highest BCUT2D eigenvalue weighted by Crippen LogP contribution is 2.41. The van der Waals surface area contributed by atoms with Gasteiger partial charge in [-0.3, -0.25) is 9.59 Å². The molecule has 2 aliphatic heterocycles. The molecule has 5 aromatic rings. The van der Waals surface area contributed by atoms with Crippen molar-refractivity contribution in [3.63, 3.8) is 0 Å². The van der Waals surface area contributed by atoms with Crippen LogP contribution in [0.5, 0.6) is 5.75 Å². The smallest absolute Gasteiger partial charge is 0.409 e. The summed E-state index contributed by atoms with van der Waals surface area (Å²) < 4.78 is 5.95. The summed E-state index contributed by atoms with van der Waals surface area (Å²) >= 11 is 0. The number of nitrogens with one attached hydrogen (secondary N) is 2. The predicted molar refractivity (Wildman–Crippen MR) is 190 cm³/mol. The topological polar surface area (TPSA) is 124 Å². The predicted octanol–water partition coefficient (Wildman–Crippen LogP) is 6.42. The van der Waals surface area contributed by atoms with Gasteiger partial charge in [-0.1, -0.05) is 38.1 Å². The molecular weight excluding hydrogens is 592 g/mol. The van der Waals surface area contributed by atoms with Gasteiger partial charge in [-0.25, -0.2) is 4.79 Å². The SMILES string of the molecule is CC.CNc1ccc2[nH]c(C(=O)N3CCc4c3cc(OC(=O)N3CCN(C)CC3)c3ccccc43)cc2c1.Nc1ccc(C=O)cc1. The lowest BCUT2D eigenvalue weighted by molar-refractivity contribution is 0.0985. The second-order valence-electron chi connectivity index (χ2n) is 11.3. The first-order valence-electron chi connectivity index (χ1n) is 16.0. The number of carbonyl (C=O) groups excluding carboxylic acids is 3. The second-order valence-corrected chi connectivity index (χ2v) is 11.3. The van der Waals surface area contributed by atoms with Crippen LogP contribution in [-0.2, 0) is 6.42 Å². The fourth-order valence-electron chi connectivity index (χ4n) is 5.80. The Bertz CT molecular complexity index is 1880. The summed E-state index contributed by atoms with van der Waals surface area (Å²) in [5.74, 6) is 0.394. The molecule has 3 heterocycles. The molecule has 0 spiro atoms. The number of anilines is 3. The molecule has 0 aliphatic carbocycles. The number of rotatable bonds is 4. The molecule has 47 heavy (non-hydrogen) atoms. The van der Waals surface area contributed by atoms with E-state index in [0.717, 1.165) is 64.4 Å². The number of hydrogen-bond acceptors (Lipinski definition) is 7. The van der Waals surface area contributed by atoms with Crippen LogP contribution in [0.2, 0.25) is 0 Å². The van der Waals surface area contributed by atoms with Crippen molar-refractivity contribution in [2.24, 2.45) is 0 Å². The van der Waals surface area contributed by atoms with Gasteiger partial charge in [-0.05, 0) is 72.9 Å². The average molecular weight is 635 g/mol. The summed E-state index contributed by atoms with van der Waals surface area (Å²) in [4.78, 5) is 45.7. The lowest BCUT2D eigenvalue weighted by atomic mass is 10.0. The molecule has 2 amide bonds. The molecule has 10 heteroatoms. The maximum Gasteiger partial charge on any atom is 0.415 e. The van der Waals surface area contributed by atoms with E-state index in [-0.39, 0.29) is 12.0 Å². The summed E-state index contributed by atoms with van der Waals surface area (Å²) in [6, 6.07) is 24.4. The monoisotopic (exact) mass is 634 g/mol. The molecule has 0 unspecified atom stereocenters. The largest absolute Gasteiger partial charge is 0.415 e. The number of hydrogen-bond donors (Lipinski definition) is 3. The van der Waals surface area contributed by atoms with Crippen LogP contribution < -0.4 is 20.7 Å². The number of H-pyrrole nitrogens is 1. The third-order valence-corrected chi connectivity index (χ3v) is 8.39. The van der Waals surface area contributed by atoms with Crippen LogP contribution >= 0.6 is 0 Å². The van der Waals surface area contributed by atoms with Gasteiger partial charge in [0.05, 0.1) is 5.69 Å². The van der Waals surface area contributed by atoms with Crippen LogP contribution in [0.1, 0.15) is 40.3 Å². The van der Waals surface area contributed by atoms with Crippen molar-refractivity contribution in [1.82, 2.24) is 14.8 Å². The van der Waals surface area contributed by atoms with Crippen LogP contribution in [0.25, 0.3) is 21.7 Å². The molecule has 4 N–H and O–H groups in total. The zero-order valence-corrected chi connectivity index (χ0v) is 27.4. The Kier molecular flexibility index (Phi) is 10.4. The van der Waals surface area contributed by atoms with Crippen LogP contribution in [0.15, 0.2) is 78.9 Å². The minimum Gasteiger partial charge on any atom is -0.409 e. The Balaban J connectivity index is 0.000000339. The van der Waals surface area contributed by atoms with E-state index in [2.05, 4.69) is 22.2 Å². The first kappa shape index (κ1) is 33.0. The number of amides is 2. The Labute approximate surface area is 275 Å². The van der Waals surface area contributed by atoms with Crippen molar-refractivity contribution in [1.29, 1.82) is 0 Å². The molecule has 0 atom stereocenters. The van der Waals surface area contributed by atoms with Gasteiger partial charge in [-0.15, -0.1) is 0 Å². The van der Waals surface area contributed by atoms with Crippen molar-refractivity contribution in [2.75, 3.05) is 62.8 Å². The molecular formula is C37H42N6O4. The highest BCUT2D eigenvalue weighted by atomic mass is 16.6. The van der Waals surface area contributed by atoms with E-state index in [4.69, 9.17) is 10.5 Å². The van der Waals surface area contributed by atoms with Gasteiger partial charge in [0.15, 0.2) is 0 Å². The molecule has 1 fully saturated rings. The number of fused-ring (bicyclic) bond motifs is 4. The van der Waals surface area contributed by atoms with E-state index in [1.807, 2.05) is 75.5 Å². The van der Waals surface area contributed by atoms with Crippen LogP contribution in [0, 0.1) is 0 Å². The van der Waals surface area contributed by atoms with E-state index in [1.54, 1.807) is 34.1 Å². The highest BCUT2D eigenvalue weighted by Gasteiger charge is 2.30. The molecule has 244 valence electrons. The minimum absolute atomic E-state index is 0.0948. The number of carbonyl (C=O) groups is 3. The lowest BCUT2D eigenvalue weighted by Crippen LogP contribution is -2.48. The zero-order chi connectivity index (χ0) is 33.5. The molecule has 0 bridgehead atoms.